The number of benzene rings is 1. The number of carbonyl (C=O) groups is 1. The molecule has 7 nitrogen and oxygen atoms in total. The topological polar surface area (TPSA) is 69.2 Å². The molecule has 1 saturated heterocycles. The highest BCUT2D eigenvalue weighted by molar-refractivity contribution is 7.16. The number of aryl methyl sites for hydroxylation is 1. The normalized spacial score (nSPS) is 17.4. The first-order valence-corrected chi connectivity index (χ1v) is 11.1. The number of ketones is 1. The Balaban J connectivity index is 1.42. The standard InChI is InChI=1S/C22H29N5O2S/c1-15-12-17-21(24-18-6-4-5-7-19(18)25-22(17)30-15)27-10-8-26(9-11-27)14-29-13-20(23-3)16(2)28/h4-7,12,20,23,25H,8-11,13-14H2,1-3H3. The second-order valence-electron chi connectivity index (χ2n) is 7.73. The summed E-state index contributed by atoms with van der Waals surface area (Å²) in [7, 11) is 1.79. The van der Waals surface area contributed by atoms with Crippen LogP contribution in [0.1, 0.15) is 17.4 Å². The van der Waals surface area contributed by atoms with Crippen molar-refractivity contribution in [1.29, 1.82) is 0 Å². The maximum atomic E-state index is 11.5. The van der Waals surface area contributed by atoms with E-state index in [4.69, 9.17) is 9.73 Å². The van der Waals surface area contributed by atoms with Gasteiger partial charge in [-0.05, 0) is 39.1 Å². The molecule has 2 aliphatic rings. The Morgan fingerprint density at radius 1 is 1.30 bits per heavy atom. The lowest BCUT2D eigenvalue weighted by atomic mass is 10.2. The fraction of sp³-hybridized carbons (Fsp3) is 0.455. The second-order valence-corrected chi connectivity index (χ2v) is 8.99. The van der Waals surface area contributed by atoms with E-state index in [1.807, 2.05) is 12.1 Å². The van der Waals surface area contributed by atoms with Crippen molar-refractivity contribution in [1.82, 2.24) is 15.1 Å². The van der Waals surface area contributed by atoms with E-state index in [1.165, 1.54) is 10.4 Å². The maximum Gasteiger partial charge on any atom is 0.149 e. The number of carbonyl (C=O) groups excluding carboxylic acids is 1. The van der Waals surface area contributed by atoms with Crippen LogP contribution in [0.5, 0.6) is 0 Å². The number of hydrogen-bond donors (Lipinski definition) is 2. The van der Waals surface area contributed by atoms with Gasteiger partial charge in [-0.2, -0.15) is 0 Å². The van der Waals surface area contributed by atoms with Gasteiger partial charge in [0.25, 0.3) is 0 Å². The van der Waals surface area contributed by atoms with E-state index in [0.29, 0.717) is 13.3 Å². The number of ether oxygens (including phenoxy) is 1. The molecule has 3 heterocycles. The molecule has 1 atom stereocenters. The highest BCUT2D eigenvalue weighted by atomic mass is 32.1. The average Bonchev–Trinajstić information content (AvgIpc) is 3.03. The number of fused-ring (bicyclic) bond motifs is 2. The van der Waals surface area contributed by atoms with Gasteiger partial charge in [-0.1, -0.05) is 12.1 Å². The second kappa shape index (κ2) is 9.26. The highest BCUT2D eigenvalue weighted by Crippen LogP contribution is 2.39. The Morgan fingerprint density at radius 3 is 2.80 bits per heavy atom. The van der Waals surface area contributed by atoms with Crippen molar-refractivity contribution < 1.29 is 9.53 Å². The van der Waals surface area contributed by atoms with Crippen LogP contribution in [-0.2, 0) is 9.53 Å². The van der Waals surface area contributed by atoms with Crippen molar-refractivity contribution in [2.24, 2.45) is 4.99 Å². The Hall–Kier alpha value is -2.26. The summed E-state index contributed by atoms with van der Waals surface area (Å²) in [5, 5.41) is 7.72. The smallest absolute Gasteiger partial charge is 0.149 e. The number of nitrogens with one attached hydrogen (secondary N) is 2. The first-order chi connectivity index (χ1) is 14.5. The molecule has 1 fully saturated rings. The zero-order chi connectivity index (χ0) is 21.1. The van der Waals surface area contributed by atoms with E-state index in [2.05, 4.69) is 45.6 Å². The van der Waals surface area contributed by atoms with Gasteiger partial charge in [-0.25, -0.2) is 4.99 Å². The summed E-state index contributed by atoms with van der Waals surface area (Å²) in [6, 6.07) is 10.2. The van der Waals surface area contributed by atoms with Crippen LogP contribution in [-0.4, -0.2) is 74.0 Å². The Morgan fingerprint density at radius 2 is 2.07 bits per heavy atom. The minimum atomic E-state index is -0.237. The number of para-hydroxylation sites is 2. The third-order valence-corrected chi connectivity index (χ3v) is 6.51. The van der Waals surface area contributed by atoms with Gasteiger partial charge in [0, 0.05) is 31.1 Å². The molecule has 0 aliphatic carbocycles. The number of rotatable bonds is 6. The summed E-state index contributed by atoms with van der Waals surface area (Å²) in [5.41, 5.74) is 3.20. The largest absolute Gasteiger partial charge is 0.364 e. The van der Waals surface area contributed by atoms with Crippen LogP contribution >= 0.6 is 11.3 Å². The van der Waals surface area contributed by atoms with E-state index in [9.17, 15) is 4.79 Å². The summed E-state index contributed by atoms with van der Waals surface area (Å²) in [4.78, 5) is 22.5. The van der Waals surface area contributed by atoms with Gasteiger partial charge in [0.15, 0.2) is 0 Å². The third kappa shape index (κ3) is 4.57. The molecule has 160 valence electrons. The molecule has 0 saturated carbocycles. The molecule has 1 aromatic carbocycles. The molecule has 2 aromatic rings. The van der Waals surface area contributed by atoms with Gasteiger partial charge < -0.3 is 20.3 Å². The van der Waals surface area contributed by atoms with Gasteiger partial charge in [-0.3, -0.25) is 9.69 Å². The molecule has 0 radical (unpaired) electrons. The van der Waals surface area contributed by atoms with Crippen LogP contribution in [0, 0.1) is 6.92 Å². The third-order valence-electron chi connectivity index (χ3n) is 5.54. The molecule has 1 aromatic heterocycles. The van der Waals surface area contributed by atoms with Gasteiger partial charge in [0.05, 0.1) is 36.3 Å². The lowest BCUT2D eigenvalue weighted by Crippen LogP contribution is -2.49. The van der Waals surface area contributed by atoms with E-state index < -0.39 is 0 Å². The van der Waals surface area contributed by atoms with Crippen molar-refractivity contribution in [3.63, 3.8) is 0 Å². The predicted molar refractivity (Wildman–Crippen MR) is 122 cm³/mol. The fourth-order valence-electron chi connectivity index (χ4n) is 3.78. The van der Waals surface area contributed by atoms with E-state index in [-0.39, 0.29) is 11.8 Å². The van der Waals surface area contributed by atoms with E-state index >= 15 is 0 Å². The molecule has 0 amide bonds. The van der Waals surface area contributed by atoms with Crippen LogP contribution < -0.4 is 10.6 Å². The maximum absolute atomic E-state index is 11.5. The molecule has 8 heteroatoms. The predicted octanol–water partition coefficient (Wildman–Crippen LogP) is 2.96. The van der Waals surface area contributed by atoms with Crippen molar-refractivity contribution in [3.05, 3.63) is 40.8 Å². The summed E-state index contributed by atoms with van der Waals surface area (Å²) >= 11 is 1.77. The molecule has 0 bridgehead atoms. The van der Waals surface area contributed by atoms with Crippen molar-refractivity contribution in [2.75, 3.05) is 51.9 Å². The first-order valence-electron chi connectivity index (χ1n) is 10.3. The lowest BCUT2D eigenvalue weighted by Gasteiger charge is -2.36. The summed E-state index contributed by atoms with van der Waals surface area (Å²) in [5.74, 6) is 1.14. The number of anilines is 2. The minimum absolute atomic E-state index is 0.101. The van der Waals surface area contributed by atoms with Crippen LogP contribution in [0.3, 0.4) is 0 Å². The van der Waals surface area contributed by atoms with E-state index in [1.54, 1.807) is 25.3 Å². The molecular formula is C22H29N5O2S. The highest BCUT2D eigenvalue weighted by Gasteiger charge is 2.26. The van der Waals surface area contributed by atoms with Crippen molar-refractivity contribution in [2.45, 2.75) is 19.9 Å². The number of thiophene rings is 1. The Labute approximate surface area is 181 Å². The SMILES string of the molecule is CNC(COCN1CCN(C2=Nc3ccccc3Nc3sc(C)cc32)CC1)C(C)=O. The number of piperazine rings is 1. The molecular weight excluding hydrogens is 398 g/mol. The Bertz CT molecular complexity index is 933. The molecule has 2 aliphatic heterocycles. The van der Waals surface area contributed by atoms with Gasteiger partial charge in [0.2, 0.25) is 0 Å². The summed E-state index contributed by atoms with van der Waals surface area (Å²) in [6.07, 6.45) is 0. The quantitative estimate of drug-likeness (QED) is 0.739. The molecule has 30 heavy (non-hydrogen) atoms. The molecule has 1 unspecified atom stereocenters. The van der Waals surface area contributed by atoms with Crippen LogP contribution in [0.15, 0.2) is 35.3 Å². The molecule has 4 rings (SSSR count). The number of Topliss-reactive ketones (excluding diaryl/α,β-unsaturated/α-hetero) is 1. The average molecular weight is 428 g/mol. The van der Waals surface area contributed by atoms with E-state index in [0.717, 1.165) is 48.4 Å². The van der Waals surface area contributed by atoms with Crippen molar-refractivity contribution in [3.8, 4) is 0 Å². The molecule has 0 spiro atoms. The van der Waals surface area contributed by atoms with Gasteiger partial charge >= 0.3 is 0 Å². The summed E-state index contributed by atoms with van der Waals surface area (Å²) in [6.45, 7) is 8.25. The van der Waals surface area contributed by atoms with Gasteiger partial charge in [0.1, 0.15) is 16.6 Å². The zero-order valence-corrected chi connectivity index (χ0v) is 18.6. The van der Waals surface area contributed by atoms with Gasteiger partial charge in [-0.15, -0.1) is 11.3 Å². The van der Waals surface area contributed by atoms with Crippen LogP contribution in [0.25, 0.3) is 0 Å². The van der Waals surface area contributed by atoms with Crippen molar-refractivity contribution >= 4 is 39.3 Å². The van der Waals surface area contributed by atoms with Crippen LogP contribution in [0.2, 0.25) is 0 Å². The summed E-state index contributed by atoms with van der Waals surface area (Å²) < 4.78 is 5.78. The first kappa shape index (κ1) is 21.0. The number of hydrogen-bond acceptors (Lipinski definition) is 8. The minimum Gasteiger partial charge on any atom is -0.364 e. The van der Waals surface area contributed by atoms with Crippen LogP contribution in [0.4, 0.5) is 16.4 Å². The number of likely N-dealkylation sites (N-methyl/N-ethyl adjacent to an activating group) is 1. The fourth-order valence-corrected chi connectivity index (χ4v) is 4.70. The zero-order valence-electron chi connectivity index (χ0n) is 17.8. The number of aliphatic imine (C=N–C) groups is 1. The lowest BCUT2D eigenvalue weighted by molar-refractivity contribution is -0.121. The molecule has 2 N–H and O–H groups in total. The number of nitrogens with zero attached hydrogens (tertiary/aromatic N) is 3. The number of amidine groups is 1. The monoisotopic (exact) mass is 427 g/mol. The Kier molecular flexibility index (Phi) is 6.48.